The van der Waals surface area contributed by atoms with Gasteiger partial charge < -0.3 is 0 Å². The maximum atomic E-state index is 2.62. The summed E-state index contributed by atoms with van der Waals surface area (Å²) < 4.78 is 1.42. The van der Waals surface area contributed by atoms with Gasteiger partial charge in [-0.1, -0.05) is 36.4 Å². The quantitative estimate of drug-likeness (QED) is 0.503. The average Bonchev–Trinajstić information content (AvgIpc) is 2.26. The minimum atomic E-state index is 0.698. The molecule has 4 bridgehead atoms. The van der Waals surface area contributed by atoms with E-state index in [2.05, 4.69) is 36.4 Å². The number of hydrogen-bond donors (Lipinski definition) is 0. The third-order valence-corrected chi connectivity index (χ3v) is 6.48. The monoisotopic (exact) mass is 262 g/mol. The van der Waals surface area contributed by atoms with Crippen molar-refractivity contribution in [2.45, 2.75) is 26.7 Å². The van der Waals surface area contributed by atoms with Crippen molar-refractivity contribution in [3.05, 3.63) is 0 Å². The van der Waals surface area contributed by atoms with Gasteiger partial charge in [0.2, 0.25) is 0 Å². The van der Waals surface area contributed by atoms with Crippen LogP contribution in [0.1, 0.15) is 26.7 Å². The van der Waals surface area contributed by atoms with Gasteiger partial charge >= 0.3 is 0 Å². The summed E-state index contributed by atoms with van der Waals surface area (Å²) in [4.78, 5) is 0. The summed E-state index contributed by atoms with van der Waals surface area (Å²) in [6.07, 6.45) is 3.14. The molecule has 0 aliphatic heterocycles. The van der Waals surface area contributed by atoms with Gasteiger partial charge in [0.25, 0.3) is 0 Å². The van der Waals surface area contributed by atoms with E-state index in [1.165, 1.54) is 4.43 Å². The predicted octanol–water partition coefficient (Wildman–Crippen LogP) is 3.10. The average molecular weight is 262 g/mol. The third kappa shape index (κ3) is 0.493. The SMILES string of the molecule is CC1(C)C2CC3C(C2)C31CI. The Hall–Kier alpha value is 0.730. The first-order valence-corrected chi connectivity index (χ1v) is 6.23. The lowest BCUT2D eigenvalue weighted by Crippen LogP contribution is -2.26. The first kappa shape index (κ1) is 7.16. The molecule has 0 aromatic carbocycles. The highest BCUT2D eigenvalue weighted by Crippen LogP contribution is 2.86. The fourth-order valence-electron chi connectivity index (χ4n) is 4.36. The Kier molecular flexibility index (Phi) is 1.08. The smallest absolute Gasteiger partial charge is 0.00627 e. The van der Waals surface area contributed by atoms with E-state index in [9.17, 15) is 0 Å². The second kappa shape index (κ2) is 1.66. The van der Waals surface area contributed by atoms with Crippen LogP contribution in [0.4, 0.5) is 0 Å². The minimum absolute atomic E-state index is 0.698. The number of rotatable bonds is 1. The molecular formula is C10H15I. The van der Waals surface area contributed by atoms with Crippen molar-refractivity contribution in [1.82, 2.24) is 0 Å². The largest absolute Gasteiger partial charge is 0.0857 e. The molecule has 0 spiro atoms. The molecule has 4 aliphatic carbocycles. The molecule has 0 nitrogen and oxygen atoms in total. The Labute approximate surface area is 82.3 Å². The molecule has 4 aliphatic rings. The molecule has 1 heteroatoms. The molecule has 62 valence electrons. The van der Waals surface area contributed by atoms with Gasteiger partial charge in [-0.2, -0.15) is 0 Å². The first-order valence-electron chi connectivity index (χ1n) is 4.70. The van der Waals surface area contributed by atoms with Crippen molar-refractivity contribution in [2.75, 3.05) is 4.43 Å². The maximum Gasteiger partial charge on any atom is 0.00627 e. The summed E-state index contributed by atoms with van der Waals surface area (Å²) >= 11 is 2.62. The van der Waals surface area contributed by atoms with E-state index in [1.54, 1.807) is 12.8 Å². The topological polar surface area (TPSA) is 0 Å². The van der Waals surface area contributed by atoms with Crippen molar-refractivity contribution < 1.29 is 0 Å². The Bertz CT molecular complexity index is 207. The zero-order valence-electron chi connectivity index (χ0n) is 7.23. The Balaban J connectivity index is 2.10. The van der Waals surface area contributed by atoms with Crippen LogP contribution in [-0.4, -0.2) is 4.43 Å². The molecule has 0 radical (unpaired) electrons. The standard InChI is InChI=1S/C10H15I/c1-9(2)6-3-7-8(4-6)10(7,9)5-11/h6-8H,3-5H2,1-2H3. The summed E-state index contributed by atoms with van der Waals surface area (Å²) in [7, 11) is 0. The van der Waals surface area contributed by atoms with E-state index in [4.69, 9.17) is 0 Å². The van der Waals surface area contributed by atoms with Crippen molar-refractivity contribution in [2.24, 2.45) is 28.6 Å². The van der Waals surface area contributed by atoms with Gasteiger partial charge in [-0.3, -0.25) is 0 Å². The Morgan fingerprint density at radius 3 is 2.00 bits per heavy atom. The van der Waals surface area contributed by atoms with Gasteiger partial charge in [0.15, 0.2) is 0 Å². The second-order valence-electron chi connectivity index (χ2n) is 5.28. The molecule has 0 aromatic rings. The second-order valence-corrected chi connectivity index (χ2v) is 6.04. The first-order chi connectivity index (χ1) is 5.14. The van der Waals surface area contributed by atoms with Gasteiger partial charge in [-0.25, -0.2) is 0 Å². The highest BCUT2D eigenvalue weighted by molar-refractivity contribution is 14.1. The van der Waals surface area contributed by atoms with Crippen molar-refractivity contribution in [3.8, 4) is 0 Å². The zero-order valence-corrected chi connectivity index (χ0v) is 9.39. The van der Waals surface area contributed by atoms with Crippen LogP contribution in [0.15, 0.2) is 0 Å². The molecule has 0 amide bonds. The number of alkyl halides is 1. The Morgan fingerprint density at radius 1 is 1.27 bits per heavy atom. The van der Waals surface area contributed by atoms with E-state index in [0.29, 0.717) is 5.41 Å². The predicted molar refractivity (Wildman–Crippen MR) is 54.8 cm³/mol. The van der Waals surface area contributed by atoms with Crippen LogP contribution < -0.4 is 0 Å². The number of halogens is 1. The Morgan fingerprint density at radius 2 is 1.82 bits per heavy atom. The molecule has 2 atom stereocenters. The highest BCUT2D eigenvalue weighted by Gasteiger charge is 2.81. The van der Waals surface area contributed by atoms with Crippen molar-refractivity contribution in [3.63, 3.8) is 0 Å². The fourth-order valence-corrected chi connectivity index (χ4v) is 6.47. The molecule has 0 heterocycles. The van der Waals surface area contributed by atoms with Crippen molar-refractivity contribution >= 4 is 22.6 Å². The van der Waals surface area contributed by atoms with Gasteiger partial charge in [0.05, 0.1) is 0 Å². The van der Waals surface area contributed by atoms with Gasteiger partial charge in [-0.15, -0.1) is 0 Å². The fraction of sp³-hybridized carbons (Fsp3) is 1.00. The van der Waals surface area contributed by atoms with E-state index < -0.39 is 0 Å². The van der Waals surface area contributed by atoms with Crippen LogP contribution in [0.25, 0.3) is 0 Å². The third-order valence-electron chi connectivity index (χ3n) is 5.22. The van der Waals surface area contributed by atoms with Crippen LogP contribution in [0.3, 0.4) is 0 Å². The lowest BCUT2D eigenvalue weighted by molar-refractivity contribution is 0.206. The molecule has 4 saturated carbocycles. The molecule has 0 saturated heterocycles. The van der Waals surface area contributed by atoms with Crippen LogP contribution in [-0.2, 0) is 0 Å². The normalized spacial score (nSPS) is 61.9. The summed E-state index contributed by atoms with van der Waals surface area (Å²) in [5, 5.41) is 0. The zero-order chi connectivity index (χ0) is 7.85. The van der Waals surface area contributed by atoms with Crippen LogP contribution in [0, 0.1) is 28.6 Å². The van der Waals surface area contributed by atoms with Crippen LogP contribution >= 0.6 is 22.6 Å². The lowest BCUT2D eigenvalue weighted by atomic mass is 9.76. The molecule has 4 fully saturated rings. The van der Waals surface area contributed by atoms with Crippen LogP contribution in [0.2, 0.25) is 0 Å². The summed E-state index contributed by atoms with van der Waals surface area (Å²) in [6.45, 7) is 5.03. The summed E-state index contributed by atoms with van der Waals surface area (Å²) in [5.41, 5.74) is 1.52. The van der Waals surface area contributed by atoms with Gasteiger partial charge in [0, 0.05) is 4.43 Å². The van der Waals surface area contributed by atoms with Crippen molar-refractivity contribution in [1.29, 1.82) is 0 Å². The van der Waals surface area contributed by atoms with E-state index in [0.717, 1.165) is 23.2 Å². The highest BCUT2D eigenvalue weighted by atomic mass is 127. The molecule has 0 aromatic heterocycles. The van der Waals surface area contributed by atoms with E-state index >= 15 is 0 Å². The lowest BCUT2D eigenvalue weighted by Gasteiger charge is -2.30. The van der Waals surface area contributed by atoms with Gasteiger partial charge in [-0.05, 0) is 41.4 Å². The minimum Gasteiger partial charge on any atom is -0.0857 e. The molecule has 0 N–H and O–H groups in total. The van der Waals surface area contributed by atoms with Gasteiger partial charge in [0.1, 0.15) is 0 Å². The molecule has 11 heavy (non-hydrogen) atoms. The molecule has 4 rings (SSSR count). The number of hydrogen-bond acceptors (Lipinski definition) is 0. The summed E-state index contributed by atoms with van der Waals surface area (Å²) in [5.74, 6) is 3.39. The van der Waals surface area contributed by atoms with E-state index in [1.807, 2.05) is 0 Å². The summed E-state index contributed by atoms with van der Waals surface area (Å²) in [6, 6.07) is 0. The molecular weight excluding hydrogens is 247 g/mol. The molecule has 2 unspecified atom stereocenters. The maximum absolute atomic E-state index is 2.62. The van der Waals surface area contributed by atoms with Crippen LogP contribution in [0.5, 0.6) is 0 Å². The van der Waals surface area contributed by atoms with E-state index in [-0.39, 0.29) is 0 Å².